The van der Waals surface area contributed by atoms with Gasteiger partial charge >= 0.3 is 71.6 Å². The van der Waals surface area contributed by atoms with Gasteiger partial charge in [0.1, 0.15) is 33.6 Å². The highest BCUT2D eigenvalue weighted by Gasteiger charge is 2.74. The monoisotopic (exact) mass is 1880 g/mol. The van der Waals surface area contributed by atoms with Crippen molar-refractivity contribution < 1.29 is 186 Å². The Hall–Kier alpha value is -8.48. The molecule has 0 aliphatic heterocycles. The number of carbonyl (C=O) groups is 12. The third-order valence-corrected chi connectivity index (χ3v) is 29.7. The van der Waals surface area contributed by atoms with E-state index in [-0.39, 0.29) is 116 Å². The first kappa shape index (κ1) is 102. The second kappa shape index (κ2) is 34.6. The smallest absolute Gasteiger partial charge is 0.344 e. The number of rotatable bonds is 24. The normalized spacial score (nSPS) is 44.1. The minimum atomic E-state index is -1.24. The summed E-state index contributed by atoms with van der Waals surface area (Å²) in [5, 5.41) is 149. The van der Waals surface area contributed by atoms with Gasteiger partial charge in [0, 0.05) is 189 Å². The number of carbonyl (C=O) groups excluding carboxylic acids is 12. The minimum absolute atomic E-state index is 0.164. The maximum absolute atomic E-state index is 12.1. The first-order chi connectivity index (χ1) is 61.0. The van der Waals surface area contributed by atoms with E-state index in [2.05, 4.69) is 53.7 Å². The molecule has 0 spiro atoms. The van der Waals surface area contributed by atoms with Crippen LogP contribution in [0.15, 0.2) is 74.4 Å². The Bertz CT molecular complexity index is 4330. The zero-order valence-corrected chi connectivity index (χ0v) is 76.4. The fourth-order valence-corrected chi connectivity index (χ4v) is 30.7. The highest BCUT2D eigenvalue weighted by Crippen LogP contribution is 2.70. The molecule has 24 fully saturated rings. The van der Waals surface area contributed by atoms with Crippen LogP contribution in [0.25, 0.3) is 0 Å². The highest BCUT2D eigenvalue weighted by atomic mass is 16.6. The molecule has 8 unspecified atom stereocenters. The van der Waals surface area contributed by atoms with Crippen molar-refractivity contribution in [1.29, 1.82) is 0 Å². The second-order valence-corrected chi connectivity index (χ2v) is 45.5. The Balaban J connectivity index is 0.000000136. The van der Waals surface area contributed by atoms with Crippen molar-refractivity contribution in [2.45, 2.75) is 378 Å². The number of hydrogen-bond acceptors (Lipinski definition) is 38. The van der Waals surface area contributed by atoms with E-state index < -0.39 is 223 Å². The van der Waals surface area contributed by atoms with E-state index in [0.29, 0.717) is 154 Å². The molecule has 738 valence electrons. The lowest BCUT2D eigenvalue weighted by Crippen LogP contribution is -2.72. The summed E-state index contributed by atoms with van der Waals surface area (Å²) in [6.45, 7) is 25.5. The molecule has 0 radical (unpaired) electrons. The van der Waals surface area contributed by atoms with Crippen LogP contribution in [0.5, 0.6) is 0 Å². The summed E-state index contributed by atoms with van der Waals surface area (Å²) in [7, 11) is 0. The van der Waals surface area contributed by atoms with Gasteiger partial charge in [-0.3, -0.25) is 0 Å². The lowest BCUT2D eigenvalue weighted by Gasteiger charge is -2.66. The van der Waals surface area contributed by atoms with Gasteiger partial charge in [0.15, 0.2) is 39.6 Å². The van der Waals surface area contributed by atoms with Crippen LogP contribution >= 0.6 is 0 Å². The Morgan fingerprint density at radius 1 is 0.233 bits per heavy atom. The van der Waals surface area contributed by atoms with E-state index in [1.54, 1.807) is 0 Å². The topological polar surface area (TPSA) is 599 Å². The van der Waals surface area contributed by atoms with E-state index in [1.165, 1.54) is 20.8 Å². The van der Waals surface area contributed by atoms with Gasteiger partial charge in [-0.05, 0) is 120 Å². The Labute approximate surface area is 768 Å². The molecule has 24 aliphatic carbocycles. The van der Waals surface area contributed by atoms with Crippen LogP contribution < -0.4 is 0 Å². The molecule has 0 saturated heterocycles. The molecule has 24 rings (SSSR count). The van der Waals surface area contributed by atoms with Crippen molar-refractivity contribution >= 4 is 71.6 Å². The average Bonchev–Trinajstić information content (AvgIpc) is 0.686. The minimum Gasteiger partial charge on any atom is -0.456 e. The van der Waals surface area contributed by atoms with Crippen molar-refractivity contribution in [2.24, 2.45) is 22.7 Å². The van der Waals surface area contributed by atoms with E-state index in [9.17, 15) is 129 Å². The second-order valence-electron chi connectivity index (χ2n) is 45.5. The molecule has 14 N–H and O–H groups in total. The molecule has 0 aromatic carbocycles. The Kier molecular flexibility index (Phi) is 26.5. The van der Waals surface area contributed by atoms with E-state index >= 15 is 0 Å². The molecular weight excluding hydrogens is 1750 g/mol. The largest absolute Gasteiger partial charge is 0.456 e. The summed E-state index contributed by atoms with van der Waals surface area (Å²) in [4.78, 5) is 139. The molecule has 38 nitrogen and oxygen atoms in total. The van der Waals surface area contributed by atoms with Crippen LogP contribution in [0.4, 0.5) is 0 Å². The van der Waals surface area contributed by atoms with E-state index in [0.717, 1.165) is 18.2 Å². The van der Waals surface area contributed by atoms with Crippen LogP contribution in [0, 0.1) is 22.7 Å². The van der Waals surface area contributed by atoms with Crippen LogP contribution in [0.2, 0.25) is 0 Å². The number of ether oxygens (including phenoxy) is 12. The molecular formula is C95H130O38. The summed E-state index contributed by atoms with van der Waals surface area (Å²) in [6.07, 6.45) is 16.7. The summed E-state index contributed by atoms with van der Waals surface area (Å²) >= 11 is 0. The van der Waals surface area contributed by atoms with Crippen LogP contribution in [-0.4, -0.2) is 295 Å². The molecule has 8 atom stereocenters. The van der Waals surface area contributed by atoms with Crippen LogP contribution in [0.3, 0.4) is 0 Å². The third-order valence-electron chi connectivity index (χ3n) is 29.7. The van der Waals surface area contributed by atoms with Gasteiger partial charge < -0.3 is 128 Å². The third kappa shape index (κ3) is 23.3. The molecule has 24 saturated carbocycles. The molecule has 24 aliphatic rings. The molecule has 0 aromatic rings. The van der Waals surface area contributed by atoms with Gasteiger partial charge in [-0.1, -0.05) is 53.3 Å². The lowest BCUT2D eigenvalue weighted by molar-refractivity contribution is -0.303. The molecule has 0 aromatic heterocycles. The Morgan fingerprint density at radius 3 is 0.564 bits per heavy atom. The maximum Gasteiger partial charge on any atom is 0.344 e. The molecule has 38 heteroatoms. The summed E-state index contributed by atoms with van der Waals surface area (Å²) in [6, 6.07) is 0. The van der Waals surface area contributed by atoms with Gasteiger partial charge in [-0.25, -0.2) is 57.5 Å². The number of esters is 12. The number of aliphatic hydroxyl groups is 14. The van der Waals surface area contributed by atoms with E-state index in [4.69, 9.17) is 42.6 Å². The van der Waals surface area contributed by atoms with Crippen molar-refractivity contribution in [3.05, 3.63) is 74.4 Å². The zero-order chi connectivity index (χ0) is 98.1. The first-order valence-electron chi connectivity index (χ1n) is 45.3. The van der Waals surface area contributed by atoms with Crippen molar-refractivity contribution in [2.75, 3.05) is 39.6 Å². The SMILES string of the molecule is C=C(C)C(=O)OCC(=O)OC12CC3(C)CC(O)(CC(O)(C3)C1)C2.C=C(C)C(=O)OCC(=O)OC12CC3(O)CC(O)(CC(O)(C3)C1)C2.C=C(C)C(=O)OCC(=O)OC12CC3CC(O)(CC(O)(C3)C1)C2.C=CC(=O)OCC(=O)OC12CC3(C)CC(O)(CC(O)(C3)C1)C2.C=CC(=O)OCC(=O)OC12CC3(O)CC(O)(CC(O)(C3)C1)C2.C=CC(=O)OCC(=O)OC12CC3CC(O)(CC(O)(C3)C1)C2. The van der Waals surface area contributed by atoms with Crippen LogP contribution in [-0.2, 0) is 114 Å². The molecule has 0 heterocycles. The van der Waals surface area contributed by atoms with E-state index in [1.807, 2.05) is 13.8 Å². The van der Waals surface area contributed by atoms with Gasteiger partial charge in [0.2, 0.25) is 0 Å². The molecule has 0 amide bonds. The van der Waals surface area contributed by atoms with Crippen molar-refractivity contribution in [3.8, 4) is 0 Å². The maximum atomic E-state index is 12.1. The van der Waals surface area contributed by atoms with Gasteiger partial charge in [-0.15, -0.1) is 0 Å². The molecule has 133 heavy (non-hydrogen) atoms. The van der Waals surface area contributed by atoms with Gasteiger partial charge in [0.25, 0.3) is 0 Å². The Morgan fingerprint density at radius 2 is 0.391 bits per heavy atom. The quantitative estimate of drug-likeness (QED) is 0.0375. The zero-order valence-electron chi connectivity index (χ0n) is 76.4. The van der Waals surface area contributed by atoms with Gasteiger partial charge in [0.05, 0.1) is 78.4 Å². The lowest BCUT2D eigenvalue weighted by atomic mass is 9.45. The van der Waals surface area contributed by atoms with Crippen molar-refractivity contribution in [1.82, 2.24) is 0 Å². The average molecular weight is 1880 g/mol. The summed E-state index contributed by atoms with van der Waals surface area (Å²) < 4.78 is 61.4. The number of hydrogen-bond donors (Lipinski definition) is 14. The first-order valence-corrected chi connectivity index (χ1v) is 45.3. The summed E-state index contributed by atoms with van der Waals surface area (Å²) in [5.74, 6) is -7.91. The fraction of sp³-hybridized carbons (Fsp3) is 0.747. The highest BCUT2D eigenvalue weighted by molar-refractivity contribution is 5.90. The van der Waals surface area contributed by atoms with Crippen LogP contribution in [0.1, 0.15) is 266 Å². The van der Waals surface area contributed by atoms with Gasteiger partial charge in [-0.2, -0.15) is 0 Å². The predicted octanol–water partition coefficient (Wildman–Crippen LogP) is 2.92. The molecule has 24 bridgehead atoms. The van der Waals surface area contributed by atoms with Crippen molar-refractivity contribution in [3.63, 3.8) is 0 Å². The predicted molar refractivity (Wildman–Crippen MR) is 452 cm³/mol. The summed E-state index contributed by atoms with van der Waals surface area (Å²) in [5.41, 5.74) is -20.8. The standard InChI is InChI=1S/C17H24O6.C16H22O7.2C16H22O6.C15H20O7.C15H20O6/c1-11(2)13(19)22-4-12(18)23-17-7-14(3)5-15(20,9-17)8-16(21,6-14)10-17;1-10(2)12(18)22-3-11(17)23-16-7-13(19)4-14(20,8-16)6-15(21,5-13)9-16;1-10(2)13(18)21-6-12(17)22-16-5-11-3-14(19,8-16)7-15(20,4-11)9-16;1-3-11(17)21-4-12(18)22-16-7-13(2)5-14(19,9-16)8-15(20,6-13)10-16;1-2-10(16)21-3-11(17)22-15-7-12(18)4-13(19,8-15)6-14(20,5-12)9-15;1-2-11(16)20-6-12(17)21-15-5-10-3-13(18,8-15)7-14(19,4-10)9-15/h20-21H,1,4-10H2,2-3H3;19-21H,1,3-9H2,2H3;11,19-20H,1,3-9H2,2H3;3,19-20H,1,4-10H2,2H3;2,18-20H,1,3-9H2;2,10,18-19H,1,3-9H2. The fourth-order valence-electron chi connectivity index (χ4n) is 30.7.